The quantitative estimate of drug-likeness (QED) is 0.721. The van der Waals surface area contributed by atoms with Gasteiger partial charge in [0.25, 0.3) is 11.5 Å². The Bertz CT molecular complexity index is 1100. The molecule has 6 heteroatoms. The molecule has 144 valence electrons. The highest BCUT2D eigenvalue weighted by atomic mass is 16.3. The SMILES string of the molecule is Cc1cccc(-n2nc(C(=O)Nc3c(C)cccc3C(C)C)c(O)cc2=O)c1. The molecule has 1 aromatic heterocycles. The molecule has 0 saturated heterocycles. The van der Waals surface area contributed by atoms with Gasteiger partial charge in [0, 0.05) is 11.8 Å². The van der Waals surface area contributed by atoms with Crippen LogP contribution in [0.1, 0.15) is 46.9 Å². The zero-order chi connectivity index (χ0) is 20.4. The maximum atomic E-state index is 12.9. The molecule has 6 nitrogen and oxygen atoms in total. The minimum Gasteiger partial charge on any atom is -0.505 e. The standard InChI is InChI=1S/C22H23N3O3/c1-13(2)17-10-6-8-15(4)20(17)23-22(28)21-18(26)12-19(27)25(24-21)16-9-5-7-14(3)11-16/h5-13,26H,1-4H3,(H,23,28). The van der Waals surface area contributed by atoms with E-state index in [1.54, 1.807) is 18.2 Å². The molecule has 3 aromatic rings. The van der Waals surface area contributed by atoms with Crippen molar-refractivity contribution < 1.29 is 9.90 Å². The zero-order valence-electron chi connectivity index (χ0n) is 16.4. The van der Waals surface area contributed by atoms with Gasteiger partial charge >= 0.3 is 0 Å². The number of anilines is 1. The van der Waals surface area contributed by atoms with Crippen molar-refractivity contribution in [1.82, 2.24) is 9.78 Å². The first-order valence-corrected chi connectivity index (χ1v) is 9.09. The first-order chi connectivity index (χ1) is 13.3. The number of para-hydroxylation sites is 1. The minimum absolute atomic E-state index is 0.206. The molecule has 0 aliphatic heterocycles. The number of carbonyl (C=O) groups is 1. The van der Waals surface area contributed by atoms with E-state index in [9.17, 15) is 14.7 Å². The highest BCUT2D eigenvalue weighted by Crippen LogP contribution is 2.28. The Morgan fingerprint density at radius 2 is 1.82 bits per heavy atom. The fourth-order valence-corrected chi connectivity index (χ4v) is 3.07. The smallest absolute Gasteiger partial charge is 0.280 e. The third-order valence-corrected chi connectivity index (χ3v) is 4.54. The highest BCUT2D eigenvalue weighted by molar-refractivity contribution is 6.05. The Morgan fingerprint density at radius 1 is 1.11 bits per heavy atom. The number of nitrogens with one attached hydrogen (secondary N) is 1. The van der Waals surface area contributed by atoms with E-state index < -0.39 is 17.2 Å². The Hall–Kier alpha value is -3.41. The molecule has 0 fully saturated rings. The molecule has 3 rings (SSSR count). The summed E-state index contributed by atoms with van der Waals surface area (Å²) in [7, 11) is 0. The predicted molar refractivity (Wildman–Crippen MR) is 109 cm³/mol. The molecule has 0 atom stereocenters. The van der Waals surface area contributed by atoms with E-state index in [0.717, 1.165) is 27.4 Å². The number of rotatable bonds is 4. The third kappa shape index (κ3) is 3.81. The fraction of sp³-hybridized carbons (Fsp3) is 0.227. The summed E-state index contributed by atoms with van der Waals surface area (Å²) in [6.07, 6.45) is 0. The van der Waals surface area contributed by atoms with Crippen molar-refractivity contribution in [3.05, 3.63) is 81.3 Å². The summed E-state index contributed by atoms with van der Waals surface area (Å²) in [6.45, 7) is 7.88. The molecular formula is C22H23N3O3. The summed E-state index contributed by atoms with van der Waals surface area (Å²) < 4.78 is 1.11. The Kier molecular flexibility index (Phi) is 5.31. The molecule has 0 bridgehead atoms. The van der Waals surface area contributed by atoms with Gasteiger partial charge in [-0.1, -0.05) is 44.2 Å². The third-order valence-electron chi connectivity index (χ3n) is 4.54. The molecule has 0 radical (unpaired) electrons. The van der Waals surface area contributed by atoms with E-state index >= 15 is 0 Å². The fourth-order valence-electron chi connectivity index (χ4n) is 3.07. The normalized spacial score (nSPS) is 10.9. The van der Waals surface area contributed by atoms with E-state index in [0.29, 0.717) is 11.4 Å². The van der Waals surface area contributed by atoms with Crippen LogP contribution in [0.5, 0.6) is 5.75 Å². The average molecular weight is 377 g/mol. The highest BCUT2D eigenvalue weighted by Gasteiger charge is 2.19. The number of aryl methyl sites for hydroxylation is 2. The van der Waals surface area contributed by atoms with Crippen LogP contribution in [0.4, 0.5) is 5.69 Å². The van der Waals surface area contributed by atoms with Crippen LogP contribution in [0.3, 0.4) is 0 Å². The summed E-state index contributed by atoms with van der Waals surface area (Å²) in [5.41, 5.74) is 3.34. The number of amides is 1. The van der Waals surface area contributed by atoms with Crippen LogP contribution in [0.25, 0.3) is 5.69 Å². The molecule has 1 amide bonds. The van der Waals surface area contributed by atoms with Gasteiger partial charge in [-0.25, -0.2) is 0 Å². The van der Waals surface area contributed by atoms with Crippen LogP contribution >= 0.6 is 0 Å². The number of hydrogen-bond donors (Lipinski definition) is 2. The number of aromatic hydroxyl groups is 1. The second kappa shape index (κ2) is 7.68. The van der Waals surface area contributed by atoms with E-state index in [1.807, 2.05) is 52.0 Å². The van der Waals surface area contributed by atoms with Crippen molar-refractivity contribution >= 4 is 11.6 Å². The first-order valence-electron chi connectivity index (χ1n) is 9.09. The van der Waals surface area contributed by atoms with Gasteiger partial charge < -0.3 is 10.4 Å². The lowest BCUT2D eigenvalue weighted by Gasteiger charge is -2.16. The Balaban J connectivity index is 2.04. The van der Waals surface area contributed by atoms with Gasteiger partial charge in [-0.2, -0.15) is 9.78 Å². The summed E-state index contributed by atoms with van der Waals surface area (Å²) in [4.78, 5) is 25.2. The molecule has 1 heterocycles. The maximum absolute atomic E-state index is 12.9. The van der Waals surface area contributed by atoms with Gasteiger partial charge in [0.05, 0.1) is 5.69 Å². The van der Waals surface area contributed by atoms with E-state index in [4.69, 9.17) is 0 Å². The van der Waals surface area contributed by atoms with Crippen LogP contribution in [0.15, 0.2) is 53.3 Å². The number of nitrogens with zero attached hydrogens (tertiary/aromatic N) is 2. The van der Waals surface area contributed by atoms with E-state index in [1.165, 1.54) is 0 Å². The van der Waals surface area contributed by atoms with E-state index in [-0.39, 0.29) is 11.6 Å². The maximum Gasteiger partial charge on any atom is 0.280 e. The average Bonchev–Trinajstić information content (AvgIpc) is 2.63. The second-order valence-electron chi connectivity index (χ2n) is 7.12. The summed E-state index contributed by atoms with van der Waals surface area (Å²) in [6, 6.07) is 14.0. The van der Waals surface area contributed by atoms with Crippen LogP contribution in [-0.4, -0.2) is 20.8 Å². The molecule has 28 heavy (non-hydrogen) atoms. The van der Waals surface area contributed by atoms with Crippen molar-refractivity contribution in [2.24, 2.45) is 0 Å². The molecule has 0 unspecified atom stereocenters. The lowest BCUT2D eigenvalue weighted by atomic mass is 9.98. The molecule has 2 N–H and O–H groups in total. The van der Waals surface area contributed by atoms with Gasteiger partial charge in [0.2, 0.25) is 0 Å². The van der Waals surface area contributed by atoms with Crippen LogP contribution in [0.2, 0.25) is 0 Å². The molecular weight excluding hydrogens is 354 g/mol. The number of aromatic nitrogens is 2. The van der Waals surface area contributed by atoms with Crippen LogP contribution in [0, 0.1) is 13.8 Å². The van der Waals surface area contributed by atoms with Gasteiger partial charge in [0.1, 0.15) is 0 Å². The molecule has 0 spiro atoms. The topological polar surface area (TPSA) is 84.2 Å². The summed E-state index contributed by atoms with van der Waals surface area (Å²) >= 11 is 0. The van der Waals surface area contributed by atoms with Crippen LogP contribution < -0.4 is 10.9 Å². The van der Waals surface area contributed by atoms with Crippen molar-refractivity contribution in [3.63, 3.8) is 0 Å². The lowest BCUT2D eigenvalue weighted by Crippen LogP contribution is -2.25. The zero-order valence-corrected chi connectivity index (χ0v) is 16.4. The van der Waals surface area contributed by atoms with Crippen LogP contribution in [-0.2, 0) is 0 Å². The van der Waals surface area contributed by atoms with Crippen molar-refractivity contribution in [2.45, 2.75) is 33.6 Å². The Labute approximate surface area is 163 Å². The molecule has 0 aliphatic carbocycles. The van der Waals surface area contributed by atoms with Gasteiger partial charge in [0.15, 0.2) is 11.4 Å². The molecule has 2 aromatic carbocycles. The lowest BCUT2D eigenvalue weighted by molar-refractivity contribution is 0.101. The van der Waals surface area contributed by atoms with Crippen molar-refractivity contribution in [3.8, 4) is 11.4 Å². The second-order valence-corrected chi connectivity index (χ2v) is 7.12. The summed E-state index contributed by atoms with van der Waals surface area (Å²) in [5.74, 6) is -0.820. The molecule has 0 saturated carbocycles. The predicted octanol–water partition coefficient (Wildman–Crippen LogP) is 3.93. The minimum atomic E-state index is -0.574. The van der Waals surface area contributed by atoms with Gasteiger partial charge in [-0.15, -0.1) is 0 Å². The Morgan fingerprint density at radius 3 is 2.50 bits per heavy atom. The van der Waals surface area contributed by atoms with Crippen molar-refractivity contribution in [2.75, 3.05) is 5.32 Å². The van der Waals surface area contributed by atoms with Gasteiger partial charge in [-0.05, 0) is 48.6 Å². The number of benzene rings is 2. The largest absolute Gasteiger partial charge is 0.505 e. The first kappa shape index (κ1) is 19.4. The monoisotopic (exact) mass is 377 g/mol. The van der Waals surface area contributed by atoms with E-state index in [2.05, 4.69) is 10.4 Å². The number of carbonyl (C=O) groups excluding carboxylic acids is 1. The summed E-state index contributed by atoms with van der Waals surface area (Å²) in [5, 5.41) is 17.2. The molecule has 0 aliphatic rings. The van der Waals surface area contributed by atoms with Gasteiger partial charge in [-0.3, -0.25) is 9.59 Å². The van der Waals surface area contributed by atoms with Crippen molar-refractivity contribution in [1.29, 1.82) is 0 Å². The number of hydrogen-bond acceptors (Lipinski definition) is 4.